The van der Waals surface area contributed by atoms with Crippen LogP contribution in [0, 0.1) is 0 Å². The van der Waals surface area contributed by atoms with Crippen LogP contribution in [0.4, 0.5) is 0 Å². The molecular formula is C13H17BrN2O2. The summed E-state index contributed by atoms with van der Waals surface area (Å²) in [7, 11) is 0. The number of carbonyl (C=O) groups excluding carboxylic acids is 1. The summed E-state index contributed by atoms with van der Waals surface area (Å²) in [6, 6.07) is 2.30. The minimum absolute atomic E-state index is 0.0368. The first-order chi connectivity index (χ1) is 8.67. The molecule has 98 valence electrons. The second-order valence-corrected chi connectivity index (χ2v) is 5.36. The number of hydrogen-bond donors (Lipinski definition) is 1. The highest BCUT2D eigenvalue weighted by molar-refractivity contribution is 9.10. The zero-order chi connectivity index (χ0) is 13.1. The van der Waals surface area contributed by atoms with Crippen LogP contribution in [0.2, 0.25) is 0 Å². The number of rotatable bonds is 6. The van der Waals surface area contributed by atoms with Crippen LogP contribution in [0.25, 0.3) is 0 Å². The molecule has 1 saturated carbocycles. The van der Waals surface area contributed by atoms with Crippen LogP contribution in [-0.4, -0.2) is 40.2 Å². The first-order valence-electron chi connectivity index (χ1n) is 6.05. The van der Waals surface area contributed by atoms with Crippen LogP contribution >= 0.6 is 15.9 Å². The smallest absolute Gasteiger partial charge is 0.270 e. The maximum Gasteiger partial charge on any atom is 0.270 e. The van der Waals surface area contributed by atoms with E-state index in [1.54, 1.807) is 11.0 Å². The van der Waals surface area contributed by atoms with Gasteiger partial charge in [-0.3, -0.25) is 4.79 Å². The Labute approximate surface area is 115 Å². The lowest BCUT2D eigenvalue weighted by Crippen LogP contribution is -2.34. The van der Waals surface area contributed by atoms with Crippen molar-refractivity contribution in [3.8, 4) is 0 Å². The third-order valence-corrected chi connectivity index (χ3v) is 3.41. The molecule has 0 radical (unpaired) electrons. The van der Waals surface area contributed by atoms with Gasteiger partial charge >= 0.3 is 0 Å². The highest BCUT2D eigenvalue weighted by Gasteiger charge is 2.29. The summed E-state index contributed by atoms with van der Waals surface area (Å²) in [4.78, 5) is 14.0. The van der Waals surface area contributed by atoms with E-state index in [9.17, 15) is 4.79 Å². The molecule has 0 spiro atoms. The second kappa shape index (κ2) is 5.71. The molecule has 2 rings (SSSR count). The quantitative estimate of drug-likeness (QED) is 0.819. The fourth-order valence-electron chi connectivity index (χ4n) is 1.99. The van der Waals surface area contributed by atoms with Crippen molar-refractivity contribution in [1.82, 2.24) is 9.47 Å². The van der Waals surface area contributed by atoms with Gasteiger partial charge in [0, 0.05) is 29.8 Å². The van der Waals surface area contributed by atoms with Gasteiger partial charge in [0.25, 0.3) is 5.91 Å². The van der Waals surface area contributed by atoms with Gasteiger partial charge in [0.2, 0.25) is 0 Å². The van der Waals surface area contributed by atoms with E-state index in [2.05, 4.69) is 22.5 Å². The Hall–Kier alpha value is -1.07. The van der Waals surface area contributed by atoms with Gasteiger partial charge in [-0.15, -0.1) is 6.58 Å². The summed E-state index contributed by atoms with van der Waals surface area (Å²) in [6.07, 6.45) is 5.88. The predicted molar refractivity (Wildman–Crippen MR) is 73.6 cm³/mol. The van der Waals surface area contributed by atoms with Gasteiger partial charge in [0.1, 0.15) is 5.69 Å². The molecule has 1 heterocycles. The molecule has 0 aliphatic heterocycles. The summed E-state index contributed by atoms with van der Waals surface area (Å²) in [5.74, 6) is -0.0541. The Balaban J connectivity index is 2.22. The van der Waals surface area contributed by atoms with Gasteiger partial charge in [-0.05, 0) is 34.8 Å². The minimum Gasteiger partial charge on any atom is -0.395 e. The number of nitrogens with zero attached hydrogens (tertiary/aromatic N) is 2. The normalized spacial score (nSPS) is 14.6. The summed E-state index contributed by atoms with van der Waals surface area (Å²) in [5.41, 5.74) is 0.680. The van der Waals surface area contributed by atoms with Crippen molar-refractivity contribution in [2.24, 2.45) is 0 Å². The van der Waals surface area contributed by atoms with E-state index >= 15 is 0 Å². The Morgan fingerprint density at radius 3 is 2.94 bits per heavy atom. The van der Waals surface area contributed by atoms with E-state index in [1.165, 1.54) is 0 Å². The number of halogens is 1. The first-order valence-corrected chi connectivity index (χ1v) is 6.85. The lowest BCUT2D eigenvalue weighted by atomic mass is 10.3. The molecule has 1 N–H and O–H groups in total. The first kappa shape index (κ1) is 13.4. The van der Waals surface area contributed by atoms with Gasteiger partial charge in [-0.25, -0.2) is 0 Å². The Kier molecular flexibility index (Phi) is 4.24. The number of hydrogen-bond acceptors (Lipinski definition) is 2. The number of carbonyl (C=O) groups is 1. The molecular weight excluding hydrogens is 296 g/mol. The average molecular weight is 313 g/mol. The zero-order valence-electron chi connectivity index (χ0n) is 10.2. The molecule has 4 nitrogen and oxygen atoms in total. The number of amides is 1. The van der Waals surface area contributed by atoms with E-state index in [0.29, 0.717) is 24.8 Å². The van der Waals surface area contributed by atoms with Gasteiger partial charge in [0.05, 0.1) is 6.61 Å². The van der Waals surface area contributed by atoms with Crippen molar-refractivity contribution in [3.05, 3.63) is 35.1 Å². The third kappa shape index (κ3) is 2.84. The molecule has 1 aliphatic rings. The van der Waals surface area contributed by atoms with E-state index in [-0.39, 0.29) is 12.5 Å². The second-order valence-electron chi connectivity index (χ2n) is 4.45. The molecule has 0 unspecified atom stereocenters. The van der Waals surface area contributed by atoms with Crippen molar-refractivity contribution in [3.63, 3.8) is 0 Å². The molecule has 1 fully saturated rings. The number of aliphatic hydroxyl groups is 1. The highest BCUT2D eigenvalue weighted by atomic mass is 79.9. The zero-order valence-corrected chi connectivity index (χ0v) is 11.8. The molecule has 1 amide bonds. The van der Waals surface area contributed by atoms with E-state index in [4.69, 9.17) is 5.11 Å². The van der Waals surface area contributed by atoms with Crippen molar-refractivity contribution in [2.75, 3.05) is 19.7 Å². The topological polar surface area (TPSA) is 45.5 Å². The molecule has 0 bridgehead atoms. The van der Waals surface area contributed by atoms with E-state index < -0.39 is 0 Å². The summed E-state index contributed by atoms with van der Waals surface area (Å²) < 4.78 is 2.94. The SMILES string of the molecule is C=CCN(CCO)C(=O)c1cc(Br)cn1C1CC1. The summed E-state index contributed by atoms with van der Waals surface area (Å²) in [5, 5.41) is 9.01. The Bertz CT molecular complexity index is 452. The van der Waals surface area contributed by atoms with Crippen molar-refractivity contribution in [2.45, 2.75) is 18.9 Å². The van der Waals surface area contributed by atoms with E-state index in [1.807, 2.05) is 16.8 Å². The molecule has 1 aromatic rings. The van der Waals surface area contributed by atoms with Gasteiger partial charge < -0.3 is 14.6 Å². The molecule has 5 heteroatoms. The van der Waals surface area contributed by atoms with Crippen LogP contribution in [0.1, 0.15) is 29.4 Å². The Morgan fingerprint density at radius 2 is 2.39 bits per heavy atom. The predicted octanol–water partition coefficient (Wildman–Crippen LogP) is 2.21. The number of aliphatic hydroxyl groups excluding tert-OH is 1. The lowest BCUT2D eigenvalue weighted by molar-refractivity contribution is 0.0732. The van der Waals surface area contributed by atoms with Crippen LogP contribution < -0.4 is 0 Å². The molecule has 0 atom stereocenters. The molecule has 18 heavy (non-hydrogen) atoms. The molecule has 1 aromatic heterocycles. The lowest BCUT2D eigenvalue weighted by Gasteiger charge is -2.20. The van der Waals surface area contributed by atoms with Gasteiger partial charge in [-0.2, -0.15) is 0 Å². The fraction of sp³-hybridized carbons (Fsp3) is 0.462. The average Bonchev–Trinajstić information content (AvgIpc) is 3.11. The monoisotopic (exact) mass is 312 g/mol. The van der Waals surface area contributed by atoms with Gasteiger partial charge in [0.15, 0.2) is 0 Å². The fourth-order valence-corrected chi connectivity index (χ4v) is 2.42. The Morgan fingerprint density at radius 1 is 1.67 bits per heavy atom. The van der Waals surface area contributed by atoms with Crippen molar-refractivity contribution < 1.29 is 9.90 Å². The van der Waals surface area contributed by atoms with Crippen LogP contribution in [0.3, 0.4) is 0 Å². The molecule has 0 saturated heterocycles. The minimum atomic E-state index is -0.0541. The van der Waals surface area contributed by atoms with Crippen molar-refractivity contribution in [1.29, 1.82) is 0 Å². The third-order valence-electron chi connectivity index (χ3n) is 2.98. The van der Waals surface area contributed by atoms with Gasteiger partial charge in [-0.1, -0.05) is 6.08 Å². The number of aromatic nitrogens is 1. The molecule has 0 aromatic carbocycles. The maximum atomic E-state index is 12.4. The van der Waals surface area contributed by atoms with Crippen LogP contribution in [0.15, 0.2) is 29.4 Å². The van der Waals surface area contributed by atoms with Crippen LogP contribution in [0.5, 0.6) is 0 Å². The highest BCUT2D eigenvalue weighted by Crippen LogP contribution is 2.37. The van der Waals surface area contributed by atoms with E-state index in [0.717, 1.165) is 17.3 Å². The maximum absolute atomic E-state index is 12.4. The standard InChI is InChI=1S/C13H17BrN2O2/c1-2-5-15(6-7-17)13(18)12-8-10(14)9-16(12)11-3-4-11/h2,8-9,11,17H,1,3-7H2. The summed E-state index contributed by atoms with van der Waals surface area (Å²) in [6.45, 7) is 4.39. The molecule has 1 aliphatic carbocycles. The van der Waals surface area contributed by atoms with Crippen molar-refractivity contribution >= 4 is 21.8 Å². The largest absolute Gasteiger partial charge is 0.395 e. The van der Waals surface area contributed by atoms with Crippen LogP contribution in [-0.2, 0) is 0 Å². The summed E-state index contributed by atoms with van der Waals surface area (Å²) >= 11 is 3.41.